The molecule has 0 saturated carbocycles. The van der Waals surface area contributed by atoms with Crippen LogP contribution in [0.5, 0.6) is 0 Å². The molecule has 0 radical (unpaired) electrons. The van der Waals surface area contributed by atoms with E-state index in [-0.39, 0.29) is 27.8 Å². The topological polar surface area (TPSA) is 76.4 Å². The molecule has 0 fully saturated rings. The van der Waals surface area contributed by atoms with Gasteiger partial charge in [-0.05, 0) is 60.5 Å². The molecule has 9 heteroatoms. The second-order valence-electron chi connectivity index (χ2n) is 7.57. The van der Waals surface area contributed by atoms with Gasteiger partial charge in [0.15, 0.2) is 0 Å². The number of sulfone groups is 1. The number of fused-ring (bicyclic) bond motifs is 1. The average molecular weight is 523 g/mol. The molecule has 33 heavy (non-hydrogen) atoms. The Hall–Kier alpha value is -2.51. The lowest BCUT2D eigenvalue weighted by Crippen LogP contribution is -2.10. The van der Waals surface area contributed by atoms with E-state index in [1.54, 1.807) is 41.0 Å². The zero-order valence-electron chi connectivity index (χ0n) is 17.3. The number of carboxylic acids is 1. The molecule has 0 atom stereocenters. The van der Waals surface area contributed by atoms with Gasteiger partial charge in [-0.2, -0.15) is 0 Å². The van der Waals surface area contributed by atoms with Crippen molar-refractivity contribution in [3.63, 3.8) is 0 Å². The van der Waals surface area contributed by atoms with E-state index >= 15 is 0 Å². The van der Waals surface area contributed by atoms with Crippen LogP contribution in [0.3, 0.4) is 0 Å². The summed E-state index contributed by atoms with van der Waals surface area (Å²) in [6.07, 6.45) is 0.260. The maximum absolute atomic E-state index is 13.5. The SMILES string of the molecule is Cc1c(Cc2ccccc2S(=O)(=O)c2ccc(Cl)cc2Cl)c2cc(Cl)ccc2n1CC(=O)O. The fourth-order valence-corrected chi connectivity index (χ4v) is 6.43. The first-order valence-corrected chi connectivity index (χ1v) is 12.5. The van der Waals surface area contributed by atoms with E-state index in [1.165, 1.54) is 24.3 Å². The number of aliphatic carboxylic acids is 1. The van der Waals surface area contributed by atoms with Crippen LogP contribution in [0.4, 0.5) is 0 Å². The van der Waals surface area contributed by atoms with E-state index in [0.29, 0.717) is 15.6 Å². The second-order valence-corrected chi connectivity index (χ2v) is 10.7. The van der Waals surface area contributed by atoms with E-state index in [1.807, 2.05) is 6.92 Å². The molecule has 0 bridgehead atoms. The number of hydrogen-bond donors (Lipinski definition) is 1. The highest BCUT2D eigenvalue weighted by molar-refractivity contribution is 7.91. The first-order valence-electron chi connectivity index (χ1n) is 9.86. The number of halogens is 3. The van der Waals surface area contributed by atoms with E-state index < -0.39 is 15.8 Å². The molecule has 5 nitrogen and oxygen atoms in total. The van der Waals surface area contributed by atoms with Gasteiger partial charge in [-0.25, -0.2) is 8.42 Å². The maximum Gasteiger partial charge on any atom is 0.323 e. The standard InChI is InChI=1S/C24H18Cl3NO4S/c1-14-18(19-11-16(25)6-8-21(19)28(14)13-24(29)30)10-15-4-2-3-5-22(15)33(31,32)23-9-7-17(26)12-20(23)27/h2-9,11-12H,10,13H2,1H3,(H,29,30). The van der Waals surface area contributed by atoms with Crippen LogP contribution in [0.25, 0.3) is 10.9 Å². The summed E-state index contributed by atoms with van der Waals surface area (Å²) in [5, 5.41) is 11.0. The zero-order chi connectivity index (χ0) is 23.9. The van der Waals surface area contributed by atoms with Crippen molar-refractivity contribution >= 4 is 61.5 Å². The molecular formula is C24H18Cl3NO4S. The summed E-state index contributed by atoms with van der Waals surface area (Å²) >= 11 is 18.4. The van der Waals surface area contributed by atoms with Gasteiger partial charge in [0.1, 0.15) is 6.54 Å². The van der Waals surface area contributed by atoms with Gasteiger partial charge in [0, 0.05) is 33.1 Å². The smallest absolute Gasteiger partial charge is 0.323 e. The number of carboxylic acid groups (broad SMARTS) is 1. The largest absolute Gasteiger partial charge is 0.480 e. The average Bonchev–Trinajstić information content (AvgIpc) is 2.98. The molecule has 0 aliphatic carbocycles. The number of nitrogens with zero attached hydrogens (tertiary/aromatic N) is 1. The van der Waals surface area contributed by atoms with Crippen molar-refractivity contribution in [1.82, 2.24) is 4.57 Å². The Morgan fingerprint density at radius 1 is 0.939 bits per heavy atom. The summed E-state index contributed by atoms with van der Waals surface area (Å²) in [5.41, 5.74) is 2.81. The minimum absolute atomic E-state index is 0.0333. The van der Waals surface area contributed by atoms with Crippen LogP contribution in [0.15, 0.2) is 70.5 Å². The zero-order valence-corrected chi connectivity index (χ0v) is 20.4. The van der Waals surface area contributed by atoms with Crippen molar-refractivity contribution in [1.29, 1.82) is 0 Å². The van der Waals surface area contributed by atoms with Gasteiger partial charge < -0.3 is 9.67 Å². The molecule has 0 aliphatic rings. The number of aromatic nitrogens is 1. The van der Waals surface area contributed by atoms with Crippen molar-refractivity contribution in [2.45, 2.75) is 29.7 Å². The number of rotatable bonds is 6. The minimum Gasteiger partial charge on any atom is -0.480 e. The van der Waals surface area contributed by atoms with Crippen LogP contribution >= 0.6 is 34.8 Å². The van der Waals surface area contributed by atoms with Crippen LogP contribution in [0.2, 0.25) is 15.1 Å². The molecule has 0 saturated heterocycles. The second kappa shape index (κ2) is 9.03. The molecule has 1 N–H and O–H groups in total. The predicted molar refractivity (Wildman–Crippen MR) is 130 cm³/mol. The summed E-state index contributed by atoms with van der Waals surface area (Å²) in [6.45, 7) is 1.60. The summed E-state index contributed by atoms with van der Waals surface area (Å²) in [7, 11) is -3.94. The van der Waals surface area contributed by atoms with E-state index in [4.69, 9.17) is 34.8 Å². The highest BCUT2D eigenvalue weighted by atomic mass is 35.5. The fourth-order valence-electron chi connectivity index (χ4n) is 4.00. The Morgan fingerprint density at radius 3 is 2.30 bits per heavy atom. The molecular weight excluding hydrogens is 505 g/mol. The van der Waals surface area contributed by atoms with Gasteiger partial charge in [-0.1, -0.05) is 53.0 Å². The lowest BCUT2D eigenvalue weighted by atomic mass is 10.0. The van der Waals surface area contributed by atoms with Gasteiger partial charge >= 0.3 is 5.97 Å². The Morgan fingerprint density at radius 2 is 1.61 bits per heavy atom. The quantitative estimate of drug-likeness (QED) is 0.317. The van der Waals surface area contributed by atoms with Crippen LogP contribution in [0.1, 0.15) is 16.8 Å². The fraction of sp³-hybridized carbons (Fsp3) is 0.125. The highest BCUT2D eigenvalue weighted by Crippen LogP contribution is 2.35. The lowest BCUT2D eigenvalue weighted by molar-refractivity contribution is -0.137. The van der Waals surface area contributed by atoms with Crippen LogP contribution in [-0.4, -0.2) is 24.1 Å². The number of carbonyl (C=O) groups is 1. The monoisotopic (exact) mass is 521 g/mol. The van der Waals surface area contributed by atoms with Crippen molar-refractivity contribution in [2.24, 2.45) is 0 Å². The van der Waals surface area contributed by atoms with Crippen LogP contribution in [-0.2, 0) is 27.6 Å². The third kappa shape index (κ3) is 4.49. The molecule has 0 spiro atoms. The van der Waals surface area contributed by atoms with E-state index in [2.05, 4.69) is 0 Å². The molecule has 0 aliphatic heterocycles. The Labute approximate surface area is 206 Å². The summed E-state index contributed by atoms with van der Waals surface area (Å²) in [6, 6.07) is 16.2. The third-order valence-corrected chi connectivity index (χ3v) is 8.33. The van der Waals surface area contributed by atoms with Gasteiger partial charge in [0.05, 0.1) is 14.8 Å². The molecule has 1 aromatic heterocycles. The molecule has 4 rings (SSSR count). The van der Waals surface area contributed by atoms with Crippen LogP contribution < -0.4 is 0 Å². The third-order valence-electron chi connectivity index (χ3n) is 5.52. The van der Waals surface area contributed by atoms with Gasteiger partial charge in [0.25, 0.3) is 0 Å². The maximum atomic E-state index is 13.5. The summed E-state index contributed by atoms with van der Waals surface area (Å²) in [4.78, 5) is 11.5. The molecule has 0 amide bonds. The normalized spacial score (nSPS) is 11.8. The Kier molecular flexibility index (Phi) is 6.47. The van der Waals surface area contributed by atoms with Crippen molar-refractivity contribution in [2.75, 3.05) is 0 Å². The van der Waals surface area contributed by atoms with Gasteiger partial charge in [-0.3, -0.25) is 4.79 Å². The summed E-state index contributed by atoms with van der Waals surface area (Å²) < 4.78 is 28.7. The molecule has 0 unspecified atom stereocenters. The lowest BCUT2D eigenvalue weighted by Gasteiger charge is -2.13. The minimum atomic E-state index is -3.94. The van der Waals surface area contributed by atoms with Crippen molar-refractivity contribution < 1.29 is 18.3 Å². The van der Waals surface area contributed by atoms with Crippen LogP contribution in [0, 0.1) is 6.92 Å². The van der Waals surface area contributed by atoms with Gasteiger partial charge in [0.2, 0.25) is 9.84 Å². The first-order chi connectivity index (χ1) is 15.6. The van der Waals surface area contributed by atoms with Gasteiger partial charge in [-0.15, -0.1) is 0 Å². The van der Waals surface area contributed by atoms with E-state index in [9.17, 15) is 18.3 Å². The number of hydrogen-bond acceptors (Lipinski definition) is 3. The predicted octanol–water partition coefficient (Wildman–Crippen LogP) is 6.42. The summed E-state index contributed by atoms with van der Waals surface area (Å²) in [5.74, 6) is -0.975. The first kappa shape index (κ1) is 23.6. The van der Waals surface area contributed by atoms with Crippen molar-refractivity contribution in [3.8, 4) is 0 Å². The molecule has 3 aromatic carbocycles. The molecule has 170 valence electrons. The highest BCUT2D eigenvalue weighted by Gasteiger charge is 2.25. The molecule has 1 heterocycles. The number of benzene rings is 3. The van der Waals surface area contributed by atoms with E-state index in [0.717, 1.165) is 22.2 Å². The Balaban J connectivity index is 1.88. The Bertz CT molecular complexity index is 1510. The molecule has 4 aromatic rings. The van der Waals surface area contributed by atoms with Crippen molar-refractivity contribution in [3.05, 3.63) is 92.6 Å².